The Balaban J connectivity index is 2.23. The maximum Gasteiger partial charge on any atom is 0.208 e. The Morgan fingerprint density at radius 1 is 1.50 bits per heavy atom. The summed E-state index contributed by atoms with van der Waals surface area (Å²) in [4.78, 5) is 4.10. The molecule has 0 radical (unpaired) electrons. The normalized spacial score (nSPS) is 11.5. The predicted molar refractivity (Wildman–Crippen MR) is 57.8 cm³/mol. The van der Waals surface area contributed by atoms with Gasteiger partial charge in [0.15, 0.2) is 0 Å². The summed E-state index contributed by atoms with van der Waals surface area (Å²) in [7, 11) is -3.06. The van der Waals surface area contributed by atoms with Crippen LogP contribution in [0.4, 0.5) is 0 Å². The largest absolute Gasteiger partial charge is 0.250 e. The van der Waals surface area contributed by atoms with Gasteiger partial charge < -0.3 is 0 Å². The van der Waals surface area contributed by atoms with Gasteiger partial charge in [-0.15, -0.1) is 11.8 Å². The van der Waals surface area contributed by atoms with Gasteiger partial charge in [-0.05, 0) is 12.1 Å². The highest BCUT2D eigenvalue weighted by molar-refractivity contribution is 7.99. The number of rotatable bonds is 5. The lowest BCUT2D eigenvalue weighted by Gasteiger charge is -2.01. The fourth-order valence-electron chi connectivity index (χ4n) is 0.815. The van der Waals surface area contributed by atoms with Crippen LogP contribution in [0.5, 0.6) is 0 Å². The van der Waals surface area contributed by atoms with E-state index in [1.54, 1.807) is 6.20 Å². The molecule has 6 heteroatoms. The smallest absolute Gasteiger partial charge is 0.208 e. The molecule has 1 N–H and O–H groups in total. The van der Waals surface area contributed by atoms with Crippen LogP contribution in [-0.2, 0) is 10.0 Å². The first kappa shape index (κ1) is 11.5. The first-order chi connectivity index (χ1) is 6.58. The highest BCUT2D eigenvalue weighted by atomic mass is 32.2. The Bertz CT molecular complexity index is 364. The van der Waals surface area contributed by atoms with Gasteiger partial charge in [-0.2, -0.15) is 0 Å². The van der Waals surface area contributed by atoms with Crippen LogP contribution in [0, 0.1) is 0 Å². The van der Waals surface area contributed by atoms with Gasteiger partial charge in [-0.1, -0.05) is 6.07 Å². The summed E-state index contributed by atoms with van der Waals surface area (Å²) in [5.74, 6) is 0.685. The van der Waals surface area contributed by atoms with E-state index in [1.165, 1.54) is 11.8 Å². The molecule has 1 heterocycles. The van der Waals surface area contributed by atoms with Gasteiger partial charge in [0.25, 0.3) is 0 Å². The number of aromatic nitrogens is 1. The molecule has 14 heavy (non-hydrogen) atoms. The zero-order valence-corrected chi connectivity index (χ0v) is 9.44. The van der Waals surface area contributed by atoms with E-state index < -0.39 is 10.0 Å². The van der Waals surface area contributed by atoms with Gasteiger partial charge in [0, 0.05) is 18.5 Å². The number of nitrogens with zero attached hydrogens (tertiary/aromatic N) is 1. The van der Waals surface area contributed by atoms with E-state index in [2.05, 4.69) is 9.71 Å². The van der Waals surface area contributed by atoms with Crippen molar-refractivity contribution in [2.24, 2.45) is 0 Å². The second kappa shape index (κ2) is 5.33. The number of pyridine rings is 1. The Morgan fingerprint density at radius 3 is 2.86 bits per heavy atom. The van der Waals surface area contributed by atoms with Crippen LogP contribution < -0.4 is 4.72 Å². The third-order valence-electron chi connectivity index (χ3n) is 1.35. The van der Waals surface area contributed by atoms with Gasteiger partial charge >= 0.3 is 0 Å². The minimum Gasteiger partial charge on any atom is -0.250 e. The summed E-state index contributed by atoms with van der Waals surface area (Å²) < 4.78 is 23.8. The van der Waals surface area contributed by atoms with E-state index in [1.807, 2.05) is 18.2 Å². The van der Waals surface area contributed by atoms with E-state index in [0.717, 1.165) is 11.3 Å². The van der Waals surface area contributed by atoms with E-state index in [9.17, 15) is 8.42 Å². The maximum absolute atomic E-state index is 10.7. The molecule has 0 saturated carbocycles. The molecule has 4 nitrogen and oxygen atoms in total. The second-order valence-corrected chi connectivity index (χ2v) is 5.63. The molecule has 0 saturated heterocycles. The van der Waals surface area contributed by atoms with Crippen LogP contribution in [0.1, 0.15) is 0 Å². The molecule has 0 fully saturated rings. The summed E-state index contributed by atoms with van der Waals surface area (Å²) in [5, 5.41) is 0.905. The standard InChI is InChI=1S/C8H12N2O2S2/c1-14(11,12)10-6-7-13-8-4-2-3-5-9-8/h2-5,10H,6-7H2,1H3. The number of hydrogen-bond acceptors (Lipinski definition) is 4. The van der Waals surface area contributed by atoms with Crippen LogP contribution in [-0.4, -0.2) is 32.0 Å². The SMILES string of the molecule is CS(=O)(=O)NCCSc1ccccn1. The van der Waals surface area contributed by atoms with E-state index in [-0.39, 0.29) is 0 Å². The zero-order chi connectivity index (χ0) is 10.4. The molecule has 0 atom stereocenters. The van der Waals surface area contributed by atoms with E-state index >= 15 is 0 Å². The molecule has 0 amide bonds. The Labute approximate surface area is 88.2 Å². The number of sulfonamides is 1. The first-order valence-corrected chi connectivity index (χ1v) is 6.94. The molecule has 1 aromatic heterocycles. The summed E-state index contributed by atoms with van der Waals surface area (Å²) in [6.45, 7) is 0.431. The molecule has 78 valence electrons. The van der Waals surface area contributed by atoms with Crippen LogP contribution >= 0.6 is 11.8 Å². The molecule has 0 aromatic carbocycles. The lowest BCUT2D eigenvalue weighted by molar-refractivity contribution is 0.590. The van der Waals surface area contributed by atoms with Gasteiger partial charge in [-0.25, -0.2) is 18.1 Å². The molecular formula is C8H12N2O2S2. The van der Waals surface area contributed by atoms with Crippen molar-refractivity contribution < 1.29 is 8.42 Å². The third kappa shape index (κ3) is 5.21. The van der Waals surface area contributed by atoms with Crippen molar-refractivity contribution in [1.29, 1.82) is 0 Å². The third-order valence-corrected chi connectivity index (χ3v) is 3.03. The van der Waals surface area contributed by atoms with Gasteiger partial charge in [-0.3, -0.25) is 0 Å². The number of nitrogens with one attached hydrogen (secondary N) is 1. The molecule has 0 aliphatic heterocycles. The number of hydrogen-bond donors (Lipinski definition) is 1. The molecular weight excluding hydrogens is 220 g/mol. The zero-order valence-electron chi connectivity index (χ0n) is 7.80. The molecule has 1 rings (SSSR count). The first-order valence-electron chi connectivity index (χ1n) is 4.06. The second-order valence-electron chi connectivity index (χ2n) is 2.68. The summed E-state index contributed by atoms with van der Waals surface area (Å²) in [6.07, 6.45) is 2.87. The summed E-state index contributed by atoms with van der Waals surface area (Å²) in [5.41, 5.74) is 0. The fraction of sp³-hybridized carbons (Fsp3) is 0.375. The average molecular weight is 232 g/mol. The van der Waals surface area contributed by atoms with Crippen molar-refractivity contribution in [1.82, 2.24) is 9.71 Å². The van der Waals surface area contributed by atoms with Crippen LogP contribution in [0.2, 0.25) is 0 Å². The van der Waals surface area contributed by atoms with Crippen LogP contribution in [0.25, 0.3) is 0 Å². The molecule has 1 aromatic rings. The highest BCUT2D eigenvalue weighted by Gasteiger charge is 1.99. The molecule has 0 bridgehead atoms. The highest BCUT2D eigenvalue weighted by Crippen LogP contribution is 2.12. The lowest BCUT2D eigenvalue weighted by Crippen LogP contribution is -2.24. The Hall–Kier alpha value is -0.590. The minimum atomic E-state index is -3.06. The van der Waals surface area contributed by atoms with Crippen LogP contribution in [0.3, 0.4) is 0 Å². The topological polar surface area (TPSA) is 59.1 Å². The summed E-state index contributed by atoms with van der Waals surface area (Å²) >= 11 is 1.52. The van der Waals surface area contributed by atoms with Crippen LogP contribution in [0.15, 0.2) is 29.4 Å². The van der Waals surface area contributed by atoms with Gasteiger partial charge in [0.1, 0.15) is 0 Å². The fourth-order valence-corrected chi connectivity index (χ4v) is 2.14. The van der Waals surface area contributed by atoms with Crippen molar-refractivity contribution in [2.75, 3.05) is 18.6 Å². The summed E-state index contributed by atoms with van der Waals surface area (Å²) in [6, 6.07) is 5.64. The Morgan fingerprint density at radius 2 is 2.29 bits per heavy atom. The lowest BCUT2D eigenvalue weighted by atomic mass is 10.5. The van der Waals surface area contributed by atoms with Gasteiger partial charge in [0.05, 0.1) is 11.3 Å². The monoisotopic (exact) mass is 232 g/mol. The van der Waals surface area contributed by atoms with Crippen molar-refractivity contribution in [2.45, 2.75) is 5.03 Å². The average Bonchev–Trinajstić information content (AvgIpc) is 2.13. The van der Waals surface area contributed by atoms with Crippen molar-refractivity contribution in [3.63, 3.8) is 0 Å². The molecule has 0 spiro atoms. The molecule has 0 aliphatic carbocycles. The number of thioether (sulfide) groups is 1. The Kier molecular flexibility index (Phi) is 4.37. The van der Waals surface area contributed by atoms with E-state index in [4.69, 9.17) is 0 Å². The molecule has 0 aliphatic rings. The maximum atomic E-state index is 10.7. The van der Waals surface area contributed by atoms with Crippen molar-refractivity contribution in [3.8, 4) is 0 Å². The van der Waals surface area contributed by atoms with E-state index in [0.29, 0.717) is 12.3 Å². The quantitative estimate of drug-likeness (QED) is 0.600. The van der Waals surface area contributed by atoms with Crippen molar-refractivity contribution >= 4 is 21.8 Å². The predicted octanol–water partition coefficient (Wildman–Crippen LogP) is 0.723. The van der Waals surface area contributed by atoms with Gasteiger partial charge in [0.2, 0.25) is 10.0 Å². The molecule has 0 unspecified atom stereocenters. The van der Waals surface area contributed by atoms with Crippen molar-refractivity contribution in [3.05, 3.63) is 24.4 Å². The minimum absolute atomic E-state index is 0.431.